The molecule has 16 heavy (non-hydrogen) atoms. The first-order valence-electron chi connectivity index (χ1n) is 4.83. The Bertz CT molecular complexity index is 364. The number of anilines is 1. The zero-order chi connectivity index (χ0) is 12.0. The fraction of sp³-hybridized carbons (Fsp3) is 0.273. The summed E-state index contributed by atoms with van der Waals surface area (Å²) in [5, 5.41) is 17.3. The van der Waals surface area contributed by atoms with Crippen LogP contribution in [-0.4, -0.2) is 35.2 Å². The van der Waals surface area contributed by atoms with Gasteiger partial charge >= 0.3 is 11.9 Å². The molecule has 1 aromatic rings. The molecular weight excluding hydrogens is 210 g/mol. The molecule has 0 aliphatic heterocycles. The maximum absolute atomic E-state index is 10.6. The van der Waals surface area contributed by atoms with Crippen LogP contribution in [0, 0.1) is 0 Å². The van der Waals surface area contributed by atoms with Crippen molar-refractivity contribution in [1.82, 2.24) is 0 Å². The average molecular weight is 223 g/mol. The second kappa shape index (κ2) is 5.75. The number of aliphatic carboxylic acids is 2. The minimum absolute atomic E-state index is 0.0812. The SMILES string of the molecule is O=C(O)CCN(CC(=O)O)c1ccccc1. The van der Waals surface area contributed by atoms with Gasteiger partial charge in [0.05, 0.1) is 6.42 Å². The van der Waals surface area contributed by atoms with E-state index in [4.69, 9.17) is 10.2 Å². The first kappa shape index (κ1) is 12.0. The summed E-state index contributed by atoms with van der Waals surface area (Å²) < 4.78 is 0. The van der Waals surface area contributed by atoms with Gasteiger partial charge in [0, 0.05) is 12.2 Å². The van der Waals surface area contributed by atoms with Crippen LogP contribution in [0.1, 0.15) is 6.42 Å². The number of rotatable bonds is 6. The maximum atomic E-state index is 10.6. The summed E-state index contributed by atoms with van der Waals surface area (Å²) in [4.78, 5) is 22.6. The highest BCUT2D eigenvalue weighted by molar-refractivity contribution is 5.74. The Hall–Kier alpha value is -2.04. The quantitative estimate of drug-likeness (QED) is 0.753. The zero-order valence-electron chi connectivity index (χ0n) is 8.67. The van der Waals surface area contributed by atoms with Gasteiger partial charge in [-0.2, -0.15) is 0 Å². The van der Waals surface area contributed by atoms with E-state index in [1.807, 2.05) is 6.07 Å². The molecule has 0 amide bonds. The standard InChI is InChI=1S/C11H13NO4/c13-10(14)6-7-12(8-11(15)16)9-4-2-1-3-5-9/h1-5H,6-8H2,(H,13,14)(H,15,16). The van der Waals surface area contributed by atoms with E-state index in [1.165, 1.54) is 4.90 Å². The molecule has 5 nitrogen and oxygen atoms in total. The Morgan fingerprint density at radius 2 is 1.69 bits per heavy atom. The molecule has 1 aromatic carbocycles. The highest BCUT2D eigenvalue weighted by Crippen LogP contribution is 2.13. The molecule has 0 aliphatic carbocycles. The third-order valence-corrected chi connectivity index (χ3v) is 2.04. The van der Waals surface area contributed by atoms with Crippen molar-refractivity contribution in [3.05, 3.63) is 30.3 Å². The molecule has 0 bridgehead atoms. The van der Waals surface area contributed by atoms with Crippen LogP contribution >= 0.6 is 0 Å². The minimum Gasteiger partial charge on any atom is -0.481 e. The number of hydrogen-bond donors (Lipinski definition) is 2. The molecule has 0 spiro atoms. The number of carboxylic acid groups (broad SMARTS) is 2. The topological polar surface area (TPSA) is 77.8 Å². The van der Waals surface area contributed by atoms with Crippen LogP contribution < -0.4 is 4.90 Å². The molecule has 0 unspecified atom stereocenters. The van der Waals surface area contributed by atoms with Crippen LogP contribution in [0.25, 0.3) is 0 Å². The lowest BCUT2D eigenvalue weighted by atomic mass is 10.2. The van der Waals surface area contributed by atoms with Crippen LogP contribution in [-0.2, 0) is 9.59 Å². The lowest BCUT2D eigenvalue weighted by Crippen LogP contribution is -2.31. The largest absolute Gasteiger partial charge is 0.481 e. The Kier molecular flexibility index (Phi) is 4.32. The van der Waals surface area contributed by atoms with Crippen molar-refractivity contribution in [3.63, 3.8) is 0 Å². The average Bonchev–Trinajstić information content (AvgIpc) is 2.25. The number of carbonyl (C=O) groups is 2. The third-order valence-electron chi connectivity index (χ3n) is 2.04. The Morgan fingerprint density at radius 1 is 1.06 bits per heavy atom. The normalized spacial score (nSPS) is 9.75. The van der Waals surface area contributed by atoms with Crippen LogP contribution in [0.3, 0.4) is 0 Å². The highest BCUT2D eigenvalue weighted by Gasteiger charge is 2.11. The van der Waals surface area contributed by atoms with Gasteiger partial charge in [0.1, 0.15) is 6.54 Å². The molecule has 1 rings (SSSR count). The number of nitrogens with zero attached hydrogens (tertiary/aromatic N) is 1. The predicted octanol–water partition coefficient (Wildman–Crippen LogP) is 1.05. The molecule has 0 atom stereocenters. The molecule has 0 aromatic heterocycles. The first-order chi connectivity index (χ1) is 7.59. The fourth-order valence-electron chi connectivity index (χ4n) is 1.33. The Morgan fingerprint density at radius 3 is 2.19 bits per heavy atom. The lowest BCUT2D eigenvalue weighted by molar-refractivity contribution is -0.138. The van der Waals surface area contributed by atoms with Crippen molar-refractivity contribution in [1.29, 1.82) is 0 Å². The molecule has 86 valence electrons. The zero-order valence-corrected chi connectivity index (χ0v) is 8.67. The highest BCUT2D eigenvalue weighted by atomic mass is 16.4. The van der Waals surface area contributed by atoms with Crippen molar-refractivity contribution in [2.24, 2.45) is 0 Å². The van der Waals surface area contributed by atoms with Gasteiger partial charge in [0.15, 0.2) is 0 Å². The molecule has 0 radical (unpaired) electrons. The van der Waals surface area contributed by atoms with Gasteiger partial charge in [0.25, 0.3) is 0 Å². The molecule has 0 fully saturated rings. The van der Waals surface area contributed by atoms with Crippen LogP contribution in [0.15, 0.2) is 30.3 Å². The van der Waals surface area contributed by atoms with Gasteiger partial charge in [0.2, 0.25) is 0 Å². The van der Waals surface area contributed by atoms with Crippen molar-refractivity contribution >= 4 is 17.6 Å². The summed E-state index contributed by atoms with van der Waals surface area (Å²) in [7, 11) is 0. The van der Waals surface area contributed by atoms with Gasteiger partial charge in [-0.1, -0.05) is 18.2 Å². The van der Waals surface area contributed by atoms with Gasteiger partial charge in [-0.05, 0) is 12.1 Å². The van der Waals surface area contributed by atoms with Crippen molar-refractivity contribution in [3.8, 4) is 0 Å². The number of para-hydroxylation sites is 1. The van der Waals surface area contributed by atoms with Crippen LogP contribution in [0.2, 0.25) is 0 Å². The van der Waals surface area contributed by atoms with E-state index < -0.39 is 11.9 Å². The molecule has 0 aliphatic rings. The fourth-order valence-corrected chi connectivity index (χ4v) is 1.33. The van der Waals surface area contributed by atoms with Crippen molar-refractivity contribution in [2.45, 2.75) is 6.42 Å². The molecule has 0 saturated carbocycles. The molecule has 5 heteroatoms. The summed E-state index contributed by atoms with van der Waals surface area (Å²) in [6.45, 7) is -0.0110. The van der Waals surface area contributed by atoms with Crippen LogP contribution in [0.5, 0.6) is 0 Å². The van der Waals surface area contributed by atoms with E-state index in [2.05, 4.69) is 0 Å². The van der Waals surface area contributed by atoms with E-state index in [-0.39, 0.29) is 19.5 Å². The van der Waals surface area contributed by atoms with Gasteiger partial charge in [-0.3, -0.25) is 9.59 Å². The first-order valence-corrected chi connectivity index (χ1v) is 4.83. The van der Waals surface area contributed by atoms with E-state index in [0.29, 0.717) is 5.69 Å². The van der Waals surface area contributed by atoms with E-state index in [1.54, 1.807) is 24.3 Å². The van der Waals surface area contributed by atoms with Gasteiger partial charge in [-0.15, -0.1) is 0 Å². The van der Waals surface area contributed by atoms with E-state index in [0.717, 1.165) is 0 Å². The lowest BCUT2D eigenvalue weighted by Gasteiger charge is -2.21. The molecule has 2 N–H and O–H groups in total. The molecular formula is C11H13NO4. The number of benzene rings is 1. The third kappa shape index (κ3) is 4.00. The summed E-state index contributed by atoms with van der Waals surface area (Å²) in [6.07, 6.45) is -0.0812. The maximum Gasteiger partial charge on any atom is 0.323 e. The molecule has 0 heterocycles. The predicted molar refractivity (Wildman–Crippen MR) is 58.5 cm³/mol. The second-order valence-electron chi connectivity index (χ2n) is 3.29. The van der Waals surface area contributed by atoms with E-state index in [9.17, 15) is 9.59 Å². The summed E-state index contributed by atoms with van der Waals surface area (Å²) >= 11 is 0. The summed E-state index contributed by atoms with van der Waals surface area (Å²) in [6, 6.07) is 8.89. The Labute approximate surface area is 92.9 Å². The minimum atomic E-state index is -0.978. The summed E-state index contributed by atoms with van der Waals surface area (Å²) in [5.41, 5.74) is 0.714. The van der Waals surface area contributed by atoms with Crippen molar-refractivity contribution < 1.29 is 19.8 Å². The second-order valence-corrected chi connectivity index (χ2v) is 3.29. The number of hydrogen-bond acceptors (Lipinski definition) is 3. The molecule has 0 saturated heterocycles. The smallest absolute Gasteiger partial charge is 0.323 e. The van der Waals surface area contributed by atoms with Crippen molar-refractivity contribution in [2.75, 3.05) is 18.0 Å². The van der Waals surface area contributed by atoms with E-state index >= 15 is 0 Å². The van der Waals surface area contributed by atoms with Crippen LogP contribution in [0.4, 0.5) is 5.69 Å². The van der Waals surface area contributed by atoms with Gasteiger partial charge in [-0.25, -0.2) is 0 Å². The monoisotopic (exact) mass is 223 g/mol. The summed E-state index contributed by atoms with van der Waals surface area (Å²) in [5.74, 6) is -1.92. The van der Waals surface area contributed by atoms with Gasteiger partial charge < -0.3 is 15.1 Å². The number of carboxylic acids is 2. The Balaban J connectivity index is 2.71.